The predicted octanol–water partition coefficient (Wildman–Crippen LogP) is 3.12. The lowest BCUT2D eigenvalue weighted by molar-refractivity contribution is -0.0491. The molecule has 1 fully saturated rings. The number of anilines is 2. The molecule has 4 heterocycles. The number of hydrogen-bond donors (Lipinski definition) is 3. The first-order valence-corrected chi connectivity index (χ1v) is 12.5. The Labute approximate surface area is 226 Å². The quantitative estimate of drug-likeness (QED) is 0.291. The zero-order valence-corrected chi connectivity index (χ0v) is 21.6. The van der Waals surface area contributed by atoms with Gasteiger partial charge in [0.15, 0.2) is 23.0 Å². The molecule has 5 N–H and O–H groups in total. The van der Waals surface area contributed by atoms with Gasteiger partial charge >= 0.3 is 0 Å². The van der Waals surface area contributed by atoms with Gasteiger partial charge in [0.2, 0.25) is 0 Å². The summed E-state index contributed by atoms with van der Waals surface area (Å²) in [7, 11) is 1.23. The Kier molecular flexibility index (Phi) is 7.47. The number of methoxy groups -OCH3 is 1. The van der Waals surface area contributed by atoms with Crippen molar-refractivity contribution in [3.05, 3.63) is 54.2 Å². The van der Waals surface area contributed by atoms with E-state index in [1.54, 1.807) is 15.5 Å². The van der Waals surface area contributed by atoms with E-state index in [1.165, 1.54) is 26.0 Å². The molecule has 3 aromatic heterocycles. The molecule has 0 unspecified atom stereocenters. The summed E-state index contributed by atoms with van der Waals surface area (Å²) in [5.41, 5.74) is 12.7. The number of halogens is 4. The van der Waals surface area contributed by atoms with Gasteiger partial charge in [0, 0.05) is 24.7 Å². The first-order chi connectivity index (χ1) is 19.1. The van der Waals surface area contributed by atoms with E-state index in [4.69, 9.17) is 16.2 Å². The average molecular weight is 561 g/mol. The number of pyridine rings is 1. The smallest absolute Gasteiger partial charge is 0.265 e. The minimum atomic E-state index is -3.01. The van der Waals surface area contributed by atoms with Crippen molar-refractivity contribution >= 4 is 22.7 Å². The number of ether oxygens (including phenoxy) is 1. The number of nitrogen functional groups attached to an aromatic ring is 1. The van der Waals surface area contributed by atoms with Crippen LogP contribution in [0.5, 0.6) is 5.75 Å². The van der Waals surface area contributed by atoms with Crippen molar-refractivity contribution in [2.24, 2.45) is 5.73 Å². The van der Waals surface area contributed by atoms with Gasteiger partial charge in [-0.2, -0.15) is 0 Å². The van der Waals surface area contributed by atoms with Crippen LogP contribution in [-0.4, -0.2) is 67.9 Å². The molecule has 0 amide bonds. The van der Waals surface area contributed by atoms with Gasteiger partial charge in [-0.15, -0.1) is 0 Å². The van der Waals surface area contributed by atoms with Gasteiger partial charge in [-0.1, -0.05) is 0 Å². The van der Waals surface area contributed by atoms with Crippen LogP contribution in [0.2, 0.25) is 0 Å². The number of fused-ring (bicyclic) bond motifs is 1. The molecule has 0 saturated carbocycles. The molecule has 5 rings (SSSR count). The Morgan fingerprint density at radius 2 is 1.90 bits per heavy atom. The van der Waals surface area contributed by atoms with Crippen molar-refractivity contribution in [2.45, 2.75) is 43.9 Å². The Bertz CT molecular complexity index is 1530. The third-order valence-corrected chi connectivity index (χ3v) is 7.23. The molecule has 14 heteroatoms. The molecule has 1 saturated heterocycles. The van der Waals surface area contributed by atoms with Gasteiger partial charge in [-0.05, 0) is 37.0 Å². The number of alkyl halides is 2. The highest BCUT2D eigenvalue weighted by Crippen LogP contribution is 2.34. The van der Waals surface area contributed by atoms with E-state index < -0.39 is 29.7 Å². The van der Waals surface area contributed by atoms with E-state index in [9.17, 15) is 22.7 Å². The standard InChI is InChI=1S/C26H28F4N8O2/c1-40-20-8-16(27)15(7-17(20)28)18-6-14(10-38-13-36-21-24(31)34-12-35-25(21)38)19(9-33-18)37-5-3-2-4-26(32,11-37)22(39)23(29)30/h6-9,12-13,22-23,39H,2-5,10-11,32H2,1H3,(H2,31,34,35)/t22-,26+/m0/s1. The van der Waals surface area contributed by atoms with Crippen LogP contribution in [0.4, 0.5) is 29.1 Å². The maximum atomic E-state index is 15.0. The minimum absolute atomic E-state index is 0.0716. The summed E-state index contributed by atoms with van der Waals surface area (Å²) in [5.74, 6) is -1.56. The molecular formula is C26H28F4N8O2. The molecule has 0 bridgehead atoms. The third kappa shape index (κ3) is 5.11. The van der Waals surface area contributed by atoms with Crippen LogP contribution in [0.15, 0.2) is 37.1 Å². The SMILES string of the molecule is COc1cc(F)c(-c2cc(Cn3cnc4c(N)ncnc43)c(N3CCCC[C@](N)([C@@H](O)C(F)F)C3)cn2)cc1F. The van der Waals surface area contributed by atoms with Gasteiger partial charge in [0.05, 0.1) is 43.1 Å². The normalized spacial score (nSPS) is 18.8. The molecule has 2 atom stereocenters. The van der Waals surface area contributed by atoms with E-state index in [1.807, 2.05) is 0 Å². The molecule has 1 aliphatic heterocycles. The Morgan fingerprint density at radius 3 is 2.65 bits per heavy atom. The highest BCUT2D eigenvalue weighted by Gasteiger charge is 2.42. The molecule has 1 aromatic carbocycles. The Hall–Kier alpha value is -4.04. The average Bonchev–Trinajstić information content (AvgIpc) is 3.23. The summed E-state index contributed by atoms with van der Waals surface area (Å²) < 4.78 is 63.1. The van der Waals surface area contributed by atoms with Gasteiger partial charge in [0.1, 0.15) is 23.8 Å². The fraction of sp³-hybridized carbons (Fsp3) is 0.385. The molecule has 40 heavy (non-hydrogen) atoms. The first-order valence-electron chi connectivity index (χ1n) is 12.5. The van der Waals surface area contributed by atoms with Gasteiger partial charge < -0.3 is 30.8 Å². The molecule has 212 valence electrons. The lowest BCUT2D eigenvalue weighted by atomic mass is 9.88. The zero-order valence-electron chi connectivity index (χ0n) is 21.6. The van der Waals surface area contributed by atoms with E-state index in [0.717, 1.165) is 12.1 Å². The molecule has 10 nitrogen and oxygen atoms in total. The number of imidazole rings is 1. The number of rotatable bonds is 7. The predicted molar refractivity (Wildman–Crippen MR) is 140 cm³/mol. The second-order valence-electron chi connectivity index (χ2n) is 9.86. The summed E-state index contributed by atoms with van der Waals surface area (Å²) in [5, 5.41) is 10.3. The topological polar surface area (TPSA) is 141 Å². The van der Waals surface area contributed by atoms with Crippen LogP contribution < -0.4 is 21.1 Å². The number of aliphatic hydroxyl groups is 1. The van der Waals surface area contributed by atoms with Crippen LogP contribution in [0.3, 0.4) is 0 Å². The molecule has 1 aliphatic rings. The van der Waals surface area contributed by atoms with E-state index >= 15 is 0 Å². The lowest BCUT2D eigenvalue weighted by Gasteiger charge is -2.37. The first kappa shape index (κ1) is 27.5. The molecule has 4 aromatic rings. The van der Waals surface area contributed by atoms with Gasteiger partial charge in [0.25, 0.3) is 6.43 Å². The Morgan fingerprint density at radius 1 is 1.10 bits per heavy atom. The molecule has 0 aliphatic carbocycles. The summed E-state index contributed by atoms with van der Waals surface area (Å²) in [4.78, 5) is 18.7. The highest BCUT2D eigenvalue weighted by molar-refractivity contribution is 5.81. The Balaban J connectivity index is 1.62. The minimum Gasteiger partial charge on any atom is -0.494 e. The summed E-state index contributed by atoms with van der Waals surface area (Å²) in [6.45, 7) is 0.523. The monoisotopic (exact) mass is 560 g/mol. The van der Waals surface area contributed by atoms with Gasteiger partial charge in [-0.3, -0.25) is 4.98 Å². The van der Waals surface area contributed by atoms with E-state index in [0.29, 0.717) is 41.8 Å². The van der Waals surface area contributed by atoms with Gasteiger partial charge in [-0.25, -0.2) is 32.5 Å². The second-order valence-corrected chi connectivity index (χ2v) is 9.86. The zero-order chi connectivity index (χ0) is 28.6. The lowest BCUT2D eigenvalue weighted by Crippen LogP contribution is -2.60. The highest BCUT2D eigenvalue weighted by atomic mass is 19.3. The van der Waals surface area contributed by atoms with E-state index in [2.05, 4.69) is 19.9 Å². The number of aliphatic hydroxyl groups excluding tert-OH is 1. The van der Waals surface area contributed by atoms with Crippen molar-refractivity contribution in [3.8, 4) is 17.0 Å². The van der Waals surface area contributed by atoms with Crippen molar-refractivity contribution in [1.82, 2.24) is 24.5 Å². The third-order valence-electron chi connectivity index (χ3n) is 7.23. The van der Waals surface area contributed by atoms with Crippen LogP contribution in [0.1, 0.15) is 24.8 Å². The van der Waals surface area contributed by atoms with Crippen LogP contribution in [0, 0.1) is 11.6 Å². The van der Waals surface area contributed by atoms with Crippen LogP contribution >= 0.6 is 0 Å². The van der Waals surface area contributed by atoms with Crippen molar-refractivity contribution in [1.29, 1.82) is 0 Å². The maximum Gasteiger partial charge on any atom is 0.265 e. The number of nitrogens with zero attached hydrogens (tertiary/aromatic N) is 6. The number of benzene rings is 1. The van der Waals surface area contributed by atoms with Crippen LogP contribution in [0.25, 0.3) is 22.4 Å². The fourth-order valence-corrected chi connectivity index (χ4v) is 5.10. The molecule has 0 spiro atoms. The second kappa shape index (κ2) is 10.8. The van der Waals surface area contributed by atoms with E-state index in [-0.39, 0.29) is 42.3 Å². The maximum absolute atomic E-state index is 15.0. The number of nitrogens with two attached hydrogens (primary N) is 2. The van der Waals surface area contributed by atoms with Crippen molar-refractivity contribution < 1.29 is 27.4 Å². The number of aromatic nitrogens is 5. The largest absolute Gasteiger partial charge is 0.494 e. The van der Waals surface area contributed by atoms with Crippen molar-refractivity contribution in [2.75, 3.05) is 30.8 Å². The fourth-order valence-electron chi connectivity index (χ4n) is 5.10. The van der Waals surface area contributed by atoms with Crippen molar-refractivity contribution in [3.63, 3.8) is 0 Å². The van der Waals surface area contributed by atoms with Crippen LogP contribution in [-0.2, 0) is 6.54 Å². The summed E-state index contributed by atoms with van der Waals surface area (Å²) >= 11 is 0. The molecular weight excluding hydrogens is 532 g/mol. The number of hydrogen-bond acceptors (Lipinski definition) is 9. The summed E-state index contributed by atoms with van der Waals surface area (Å²) in [6, 6.07) is 3.52. The molecule has 0 radical (unpaired) electrons. The summed E-state index contributed by atoms with van der Waals surface area (Å²) in [6.07, 6.45) is 0.612.